The van der Waals surface area contributed by atoms with E-state index in [2.05, 4.69) is 36.0 Å². The van der Waals surface area contributed by atoms with Gasteiger partial charge < -0.3 is 5.32 Å². The molecule has 4 nitrogen and oxygen atoms in total. The van der Waals surface area contributed by atoms with Crippen LogP contribution in [0, 0.1) is 11.2 Å². The Morgan fingerprint density at radius 2 is 2.07 bits per heavy atom. The third-order valence-electron chi connectivity index (χ3n) is 5.60. The van der Waals surface area contributed by atoms with Crippen molar-refractivity contribution >= 4 is 5.91 Å². The van der Waals surface area contributed by atoms with E-state index in [-0.39, 0.29) is 23.2 Å². The third kappa shape index (κ3) is 6.91. The largest absolute Gasteiger partial charge is 0.348 e. The van der Waals surface area contributed by atoms with Crippen molar-refractivity contribution in [2.75, 3.05) is 6.54 Å². The molecular formula is C25H34FN3O. The van der Waals surface area contributed by atoms with Gasteiger partial charge >= 0.3 is 0 Å². The first kappa shape index (κ1) is 22.4. The summed E-state index contributed by atoms with van der Waals surface area (Å²) in [6.07, 6.45) is 6.47. The molecule has 1 amide bonds. The maximum Gasteiger partial charge on any atom is 0.221 e. The maximum absolute atomic E-state index is 13.7. The fraction of sp³-hybridized carbons (Fsp3) is 0.520. The number of carbonyl (C=O) groups excluding carboxylic acids is 1. The van der Waals surface area contributed by atoms with Gasteiger partial charge in [0.1, 0.15) is 5.82 Å². The number of nitrogens with zero attached hydrogens (tertiary/aromatic N) is 2. The maximum atomic E-state index is 13.7. The standard InChI is InChI=1S/C25H34FN3O/c1-25(2,3)17-24(30)28-23(22-12-4-6-13-27-22)16-21-11-5-7-14-29(21)18-19-9-8-10-20(26)15-19/h4,6,8-10,12-13,15,21,23H,5,7,11,14,16-18H2,1-3H3,(H,28,30). The first-order valence-electron chi connectivity index (χ1n) is 11.0. The Hall–Kier alpha value is -2.27. The number of halogens is 1. The molecule has 1 saturated heterocycles. The van der Waals surface area contributed by atoms with Gasteiger partial charge in [-0.1, -0.05) is 45.4 Å². The molecule has 2 unspecified atom stereocenters. The molecule has 0 aliphatic carbocycles. The van der Waals surface area contributed by atoms with Crippen LogP contribution in [0.15, 0.2) is 48.7 Å². The number of rotatable bonds is 7. The highest BCUT2D eigenvalue weighted by Gasteiger charge is 2.28. The number of hydrogen-bond acceptors (Lipinski definition) is 3. The summed E-state index contributed by atoms with van der Waals surface area (Å²) in [5.74, 6) is -0.132. The van der Waals surface area contributed by atoms with Crippen LogP contribution in [0.4, 0.5) is 4.39 Å². The van der Waals surface area contributed by atoms with Gasteiger partial charge in [0.2, 0.25) is 5.91 Å². The second-order valence-corrected chi connectivity index (χ2v) is 9.60. The first-order valence-corrected chi connectivity index (χ1v) is 11.0. The molecule has 0 radical (unpaired) electrons. The van der Waals surface area contributed by atoms with Gasteiger partial charge in [-0.2, -0.15) is 0 Å². The second-order valence-electron chi connectivity index (χ2n) is 9.60. The van der Waals surface area contributed by atoms with Gasteiger partial charge in [-0.25, -0.2) is 4.39 Å². The average molecular weight is 412 g/mol. The normalized spacial score (nSPS) is 18.7. The minimum absolute atomic E-state index is 0.0608. The third-order valence-corrected chi connectivity index (χ3v) is 5.60. The van der Waals surface area contributed by atoms with Crippen LogP contribution >= 0.6 is 0 Å². The van der Waals surface area contributed by atoms with Gasteiger partial charge in [-0.3, -0.25) is 14.7 Å². The van der Waals surface area contributed by atoms with Gasteiger partial charge in [0.25, 0.3) is 0 Å². The molecule has 162 valence electrons. The summed E-state index contributed by atoms with van der Waals surface area (Å²) in [6, 6.07) is 12.9. The molecule has 1 aliphatic heterocycles. The van der Waals surface area contributed by atoms with Crippen LogP contribution in [-0.4, -0.2) is 28.4 Å². The molecule has 5 heteroatoms. The van der Waals surface area contributed by atoms with E-state index in [4.69, 9.17) is 0 Å². The van der Waals surface area contributed by atoms with Crippen LogP contribution in [0.5, 0.6) is 0 Å². The van der Waals surface area contributed by atoms with E-state index < -0.39 is 0 Å². The topological polar surface area (TPSA) is 45.2 Å². The predicted molar refractivity (Wildman–Crippen MR) is 118 cm³/mol. The van der Waals surface area contributed by atoms with Crippen molar-refractivity contribution in [1.82, 2.24) is 15.2 Å². The van der Waals surface area contributed by atoms with Crippen molar-refractivity contribution in [3.63, 3.8) is 0 Å². The Morgan fingerprint density at radius 1 is 1.23 bits per heavy atom. The molecule has 0 spiro atoms. The fourth-order valence-electron chi connectivity index (χ4n) is 4.24. The van der Waals surface area contributed by atoms with Crippen LogP contribution in [-0.2, 0) is 11.3 Å². The lowest BCUT2D eigenvalue weighted by Gasteiger charge is -2.38. The molecule has 2 aromatic rings. The van der Waals surface area contributed by atoms with Crippen LogP contribution in [0.25, 0.3) is 0 Å². The molecule has 1 aliphatic rings. The Balaban J connectivity index is 1.74. The van der Waals surface area contributed by atoms with Crippen molar-refractivity contribution in [3.05, 3.63) is 65.7 Å². The first-order chi connectivity index (χ1) is 14.3. The lowest BCUT2D eigenvalue weighted by atomic mass is 9.90. The molecule has 1 N–H and O–H groups in total. The number of carbonyl (C=O) groups is 1. The summed E-state index contributed by atoms with van der Waals surface area (Å²) in [5, 5.41) is 3.24. The molecule has 3 rings (SSSR count). The van der Waals surface area contributed by atoms with Crippen molar-refractivity contribution in [3.8, 4) is 0 Å². The highest BCUT2D eigenvalue weighted by molar-refractivity contribution is 5.77. The summed E-state index contributed by atoms with van der Waals surface area (Å²) in [7, 11) is 0. The predicted octanol–water partition coefficient (Wildman–Crippen LogP) is 5.26. The number of likely N-dealkylation sites (tertiary alicyclic amines) is 1. The summed E-state index contributed by atoms with van der Waals surface area (Å²) in [5.41, 5.74) is 1.83. The Kier molecular flexibility index (Phi) is 7.59. The van der Waals surface area contributed by atoms with Crippen LogP contribution in [0.1, 0.15) is 70.2 Å². The van der Waals surface area contributed by atoms with Crippen LogP contribution in [0.2, 0.25) is 0 Å². The summed E-state index contributed by atoms with van der Waals surface area (Å²) in [4.78, 5) is 19.7. The van der Waals surface area contributed by atoms with E-state index in [1.54, 1.807) is 18.3 Å². The van der Waals surface area contributed by atoms with Crippen LogP contribution in [0.3, 0.4) is 0 Å². The van der Waals surface area contributed by atoms with E-state index in [9.17, 15) is 9.18 Å². The number of amides is 1. The van der Waals surface area contributed by atoms with Gasteiger partial charge in [-0.05, 0) is 61.1 Å². The summed E-state index contributed by atoms with van der Waals surface area (Å²) in [6.45, 7) is 7.94. The number of pyridine rings is 1. The quantitative estimate of drug-likeness (QED) is 0.676. The lowest BCUT2D eigenvalue weighted by Crippen LogP contribution is -2.42. The number of aromatic nitrogens is 1. The van der Waals surface area contributed by atoms with E-state index in [1.807, 2.05) is 24.3 Å². The number of piperidine rings is 1. The van der Waals surface area contributed by atoms with Gasteiger partial charge in [0.05, 0.1) is 11.7 Å². The Morgan fingerprint density at radius 3 is 2.77 bits per heavy atom. The summed E-state index contributed by atoms with van der Waals surface area (Å²) < 4.78 is 13.7. The average Bonchev–Trinajstić information content (AvgIpc) is 2.68. The van der Waals surface area contributed by atoms with Gasteiger partial charge in [0.15, 0.2) is 0 Å². The SMILES string of the molecule is CC(C)(C)CC(=O)NC(CC1CCCCN1Cc1cccc(F)c1)c1ccccn1. The molecule has 1 aromatic carbocycles. The monoisotopic (exact) mass is 411 g/mol. The van der Waals surface area contributed by atoms with E-state index in [0.29, 0.717) is 12.5 Å². The molecule has 1 aromatic heterocycles. The highest BCUT2D eigenvalue weighted by Crippen LogP contribution is 2.28. The zero-order chi connectivity index (χ0) is 21.6. The van der Waals surface area contributed by atoms with E-state index in [1.165, 1.54) is 12.5 Å². The van der Waals surface area contributed by atoms with Crippen molar-refractivity contribution in [2.24, 2.45) is 5.41 Å². The van der Waals surface area contributed by atoms with Crippen LogP contribution < -0.4 is 5.32 Å². The zero-order valence-corrected chi connectivity index (χ0v) is 18.4. The molecule has 0 saturated carbocycles. The number of benzene rings is 1. The minimum atomic E-state index is -0.193. The summed E-state index contributed by atoms with van der Waals surface area (Å²) >= 11 is 0. The van der Waals surface area contributed by atoms with Crippen molar-refractivity contribution < 1.29 is 9.18 Å². The molecule has 2 atom stereocenters. The fourth-order valence-corrected chi connectivity index (χ4v) is 4.24. The molecule has 1 fully saturated rings. The van der Waals surface area contributed by atoms with Crippen molar-refractivity contribution in [1.29, 1.82) is 0 Å². The van der Waals surface area contributed by atoms with Gasteiger partial charge in [-0.15, -0.1) is 0 Å². The Bertz CT molecular complexity index is 819. The smallest absolute Gasteiger partial charge is 0.221 e. The second kappa shape index (κ2) is 10.2. The lowest BCUT2D eigenvalue weighted by molar-refractivity contribution is -0.123. The zero-order valence-electron chi connectivity index (χ0n) is 18.4. The molecule has 2 heterocycles. The van der Waals surface area contributed by atoms with Gasteiger partial charge in [0, 0.05) is 25.2 Å². The number of nitrogens with one attached hydrogen (secondary N) is 1. The van der Waals surface area contributed by atoms with E-state index >= 15 is 0 Å². The minimum Gasteiger partial charge on any atom is -0.348 e. The molecule has 0 bridgehead atoms. The number of hydrogen-bond donors (Lipinski definition) is 1. The Labute approximate surface area is 179 Å². The van der Waals surface area contributed by atoms with Crippen molar-refractivity contribution in [2.45, 2.75) is 71.5 Å². The molecule has 30 heavy (non-hydrogen) atoms. The molecular weight excluding hydrogens is 377 g/mol. The highest BCUT2D eigenvalue weighted by atomic mass is 19.1. The van der Waals surface area contributed by atoms with E-state index in [0.717, 1.165) is 43.6 Å².